The smallest absolute Gasteiger partial charge is 0.187 e. The lowest BCUT2D eigenvalue weighted by Gasteiger charge is -2.30. The fraction of sp³-hybridized carbons (Fsp3) is 0.250. The molecule has 8 heteroatoms. The molecule has 2 aromatic heterocycles. The molecule has 28 heavy (non-hydrogen) atoms. The normalized spacial score (nSPS) is 19.1. The van der Waals surface area contributed by atoms with Crippen LogP contribution in [0.25, 0.3) is 5.65 Å². The number of aromatic nitrogens is 2. The zero-order chi connectivity index (χ0) is 19.0. The van der Waals surface area contributed by atoms with Crippen LogP contribution in [0.1, 0.15) is 35.0 Å². The van der Waals surface area contributed by atoms with E-state index in [4.69, 9.17) is 5.73 Å². The summed E-state index contributed by atoms with van der Waals surface area (Å²) in [4.78, 5) is 21.5. The lowest BCUT2D eigenvalue weighted by atomic mass is 9.87. The van der Waals surface area contributed by atoms with Gasteiger partial charge in [-0.25, -0.2) is 9.37 Å². The van der Waals surface area contributed by atoms with Crippen LogP contribution in [0, 0.1) is 5.82 Å². The van der Waals surface area contributed by atoms with Crippen LogP contribution in [0.15, 0.2) is 53.8 Å². The first-order chi connectivity index (χ1) is 12.9. The Morgan fingerprint density at radius 1 is 1.36 bits per heavy atom. The number of Topliss-reactive ketones (excluding diaryl/α,β-unsaturated/α-hetero) is 1. The van der Waals surface area contributed by atoms with Gasteiger partial charge in [0.1, 0.15) is 17.2 Å². The maximum absolute atomic E-state index is 14.5. The van der Waals surface area contributed by atoms with Crippen LogP contribution in [-0.2, 0) is 12.0 Å². The van der Waals surface area contributed by atoms with E-state index < -0.39 is 5.54 Å². The molecule has 0 aliphatic carbocycles. The predicted molar refractivity (Wildman–Crippen MR) is 113 cm³/mol. The van der Waals surface area contributed by atoms with Gasteiger partial charge < -0.3 is 10.1 Å². The average Bonchev–Trinajstić information content (AvgIpc) is 3.07. The molecule has 5 nitrogen and oxygen atoms in total. The van der Waals surface area contributed by atoms with Crippen LogP contribution in [-0.4, -0.2) is 26.1 Å². The number of imidazole rings is 1. The van der Waals surface area contributed by atoms with Crippen molar-refractivity contribution in [3.05, 3.63) is 71.4 Å². The molecular weight excluding hydrogens is 399 g/mol. The maximum Gasteiger partial charge on any atom is 0.187 e. The summed E-state index contributed by atoms with van der Waals surface area (Å²) in [5, 5.41) is 0.467. The van der Waals surface area contributed by atoms with Gasteiger partial charge >= 0.3 is 0 Å². The minimum atomic E-state index is -0.707. The van der Waals surface area contributed by atoms with E-state index in [1.54, 1.807) is 18.3 Å². The molecule has 0 unspecified atom stereocenters. The third kappa shape index (κ3) is 3.91. The number of carbonyl (C=O) groups excluding carboxylic acids is 1. The average molecular weight is 419 g/mol. The fourth-order valence-corrected chi connectivity index (χ4v) is 4.30. The zero-order valence-electron chi connectivity index (χ0n) is 15.3. The van der Waals surface area contributed by atoms with Gasteiger partial charge in [-0.1, -0.05) is 23.9 Å². The number of carbonyl (C=O) groups is 1. The zero-order valence-corrected chi connectivity index (χ0v) is 16.9. The van der Waals surface area contributed by atoms with Gasteiger partial charge in [0.2, 0.25) is 0 Å². The molecule has 1 aromatic carbocycles. The van der Waals surface area contributed by atoms with Gasteiger partial charge in [0.25, 0.3) is 0 Å². The van der Waals surface area contributed by atoms with Gasteiger partial charge in [-0.3, -0.25) is 9.79 Å². The summed E-state index contributed by atoms with van der Waals surface area (Å²) < 4.78 is 16.3. The molecule has 3 aromatic rings. The highest BCUT2D eigenvalue weighted by Crippen LogP contribution is 2.36. The number of rotatable bonds is 4. The minimum Gasteiger partial charge on any atom is -0.379 e. The summed E-state index contributed by atoms with van der Waals surface area (Å²) in [6, 6.07) is 10.4. The van der Waals surface area contributed by atoms with E-state index in [1.165, 1.54) is 17.8 Å². The van der Waals surface area contributed by atoms with E-state index in [9.17, 15) is 9.18 Å². The molecule has 0 spiro atoms. The van der Waals surface area contributed by atoms with Crippen LogP contribution >= 0.6 is 24.2 Å². The van der Waals surface area contributed by atoms with E-state index in [2.05, 4.69) is 9.98 Å². The van der Waals surface area contributed by atoms with E-state index in [0.29, 0.717) is 22.8 Å². The third-order valence-electron chi connectivity index (χ3n) is 4.82. The van der Waals surface area contributed by atoms with Gasteiger partial charge in [-0.15, -0.1) is 12.4 Å². The van der Waals surface area contributed by atoms with E-state index in [0.717, 1.165) is 17.0 Å². The molecule has 3 heterocycles. The predicted octanol–water partition coefficient (Wildman–Crippen LogP) is 3.99. The number of pyridine rings is 1. The highest BCUT2D eigenvalue weighted by atomic mass is 35.5. The number of hydrogen-bond acceptors (Lipinski definition) is 5. The Labute approximate surface area is 172 Å². The quantitative estimate of drug-likeness (QED) is 0.650. The molecule has 146 valence electrons. The molecule has 1 aliphatic heterocycles. The maximum atomic E-state index is 14.5. The highest BCUT2D eigenvalue weighted by molar-refractivity contribution is 8.13. The largest absolute Gasteiger partial charge is 0.379 e. The number of fused-ring (bicyclic) bond motifs is 1. The topological polar surface area (TPSA) is 72.8 Å². The SMILES string of the molecule is C[C@@]1(c2cc(CC(=O)c3cn4ccccc4n3)ccc2F)CCSC(N)=N1.Cl. The van der Waals surface area contributed by atoms with Crippen molar-refractivity contribution in [2.75, 3.05) is 5.75 Å². The molecule has 2 N–H and O–H groups in total. The van der Waals surface area contributed by atoms with Gasteiger partial charge in [-0.05, 0) is 43.2 Å². The first-order valence-electron chi connectivity index (χ1n) is 8.69. The van der Waals surface area contributed by atoms with E-state index >= 15 is 0 Å². The molecule has 0 saturated carbocycles. The molecule has 1 atom stereocenters. The Morgan fingerprint density at radius 2 is 2.18 bits per heavy atom. The molecule has 0 saturated heterocycles. The second-order valence-corrected chi connectivity index (χ2v) is 7.94. The monoisotopic (exact) mass is 418 g/mol. The molecule has 1 aliphatic rings. The molecule has 4 rings (SSSR count). The number of thioether (sulfide) groups is 1. The molecule has 0 amide bonds. The number of aliphatic imine (C=N–C) groups is 1. The standard InChI is InChI=1S/C20H19FN4OS.ClH/c1-20(7-9-27-19(22)24-20)14-10-13(5-6-15(14)21)11-17(26)16-12-25-8-3-2-4-18(25)23-16;/h2-6,8,10,12H,7,9,11H2,1H3,(H2,22,24);1H/t20-;/m0./s1. The number of benzene rings is 1. The van der Waals surface area contributed by atoms with Crippen molar-refractivity contribution in [1.29, 1.82) is 0 Å². The first kappa shape index (κ1) is 20.4. The van der Waals surface area contributed by atoms with Crippen LogP contribution in [0.2, 0.25) is 0 Å². The van der Waals surface area contributed by atoms with Gasteiger partial charge in [-0.2, -0.15) is 0 Å². The summed E-state index contributed by atoms with van der Waals surface area (Å²) in [6.07, 6.45) is 4.41. The van der Waals surface area contributed by atoms with Crippen molar-refractivity contribution in [1.82, 2.24) is 9.38 Å². The fourth-order valence-electron chi connectivity index (χ4n) is 3.32. The van der Waals surface area contributed by atoms with Crippen molar-refractivity contribution in [2.24, 2.45) is 10.7 Å². The molecular formula is C20H20ClFN4OS. The second-order valence-electron chi connectivity index (χ2n) is 6.83. The van der Waals surface area contributed by atoms with E-state index in [-0.39, 0.29) is 30.4 Å². The minimum absolute atomic E-state index is 0. The number of hydrogen-bond donors (Lipinski definition) is 1. The van der Waals surface area contributed by atoms with Crippen molar-refractivity contribution in [3.63, 3.8) is 0 Å². The van der Waals surface area contributed by atoms with Crippen molar-refractivity contribution >= 4 is 40.8 Å². The lowest BCUT2D eigenvalue weighted by Crippen LogP contribution is -2.29. The number of nitrogens with zero attached hydrogens (tertiary/aromatic N) is 3. The van der Waals surface area contributed by atoms with Crippen LogP contribution < -0.4 is 5.73 Å². The summed E-state index contributed by atoms with van der Waals surface area (Å²) in [7, 11) is 0. The molecule has 0 radical (unpaired) electrons. The van der Waals surface area contributed by atoms with Crippen LogP contribution in [0.3, 0.4) is 0 Å². The summed E-state index contributed by atoms with van der Waals surface area (Å²) >= 11 is 1.48. The Morgan fingerprint density at radius 3 is 2.93 bits per heavy atom. The van der Waals surface area contributed by atoms with Crippen molar-refractivity contribution in [3.8, 4) is 0 Å². The Kier molecular flexibility index (Phi) is 5.76. The van der Waals surface area contributed by atoms with E-state index in [1.807, 2.05) is 35.7 Å². The Hall–Kier alpha value is -2.38. The second kappa shape index (κ2) is 7.93. The number of halogens is 2. The Bertz CT molecular complexity index is 1030. The third-order valence-corrected chi connectivity index (χ3v) is 5.62. The number of nitrogens with two attached hydrogens (primary N) is 1. The Balaban J connectivity index is 0.00000225. The summed E-state index contributed by atoms with van der Waals surface area (Å²) in [5.41, 5.74) is 7.48. The van der Waals surface area contributed by atoms with Gasteiger partial charge in [0.15, 0.2) is 11.0 Å². The molecule has 0 bridgehead atoms. The lowest BCUT2D eigenvalue weighted by molar-refractivity contribution is 0.0988. The summed E-state index contributed by atoms with van der Waals surface area (Å²) in [6.45, 7) is 1.88. The van der Waals surface area contributed by atoms with Crippen LogP contribution in [0.5, 0.6) is 0 Å². The first-order valence-corrected chi connectivity index (χ1v) is 9.67. The van der Waals surface area contributed by atoms with Crippen molar-refractivity contribution in [2.45, 2.75) is 25.3 Å². The van der Waals surface area contributed by atoms with Crippen molar-refractivity contribution < 1.29 is 9.18 Å². The highest BCUT2D eigenvalue weighted by Gasteiger charge is 2.32. The van der Waals surface area contributed by atoms with Crippen LogP contribution in [0.4, 0.5) is 4.39 Å². The number of amidine groups is 1. The van der Waals surface area contributed by atoms with Gasteiger partial charge in [0, 0.05) is 30.1 Å². The number of ketones is 1. The molecule has 0 fully saturated rings. The summed E-state index contributed by atoms with van der Waals surface area (Å²) in [5.74, 6) is 0.351. The van der Waals surface area contributed by atoms with Gasteiger partial charge in [0.05, 0.1) is 5.54 Å².